The zero-order valence-corrected chi connectivity index (χ0v) is 22.8. The van der Waals surface area contributed by atoms with E-state index in [0.29, 0.717) is 67.0 Å². The van der Waals surface area contributed by atoms with Crippen LogP contribution in [0.3, 0.4) is 0 Å². The number of aromatic nitrogens is 3. The SMILES string of the molecule is CCc1c(N(Cc2ccc(C(F)(F)F)c(F)c2)S(=O)(=O)c2ccc(N3CCOCC3)nc2)nc2ccc(Cl)cn12. The number of ether oxygens (including phenoxy) is 1. The lowest BCUT2D eigenvalue weighted by Gasteiger charge is -2.28. The van der Waals surface area contributed by atoms with Gasteiger partial charge in [-0.05, 0) is 48.4 Å². The van der Waals surface area contributed by atoms with E-state index in [9.17, 15) is 26.0 Å². The molecule has 0 N–H and O–H groups in total. The minimum Gasteiger partial charge on any atom is -0.378 e. The Hall–Kier alpha value is -3.42. The topological polar surface area (TPSA) is 80.0 Å². The highest BCUT2D eigenvalue weighted by Gasteiger charge is 2.35. The fourth-order valence-electron chi connectivity index (χ4n) is 4.54. The van der Waals surface area contributed by atoms with Gasteiger partial charge in [-0.2, -0.15) is 13.2 Å². The molecule has 0 amide bonds. The first-order chi connectivity index (χ1) is 19.0. The number of rotatable bonds is 7. The van der Waals surface area contributed by atoms with Crippen molar-refractivity contribution in [2.24, 2.45) is 0 Å². The number of morpholine rings is 1. The predicted octanol–water partition coefficient (Wildman–Crippen LogP) is 5.34. The quantitative estimate of drug-likeness (QED) is 0.268. The van der Waals surface area contributed by atoms with Gasteiger partial charge in [-0.15, -0.1) is 0 Å². The molecule has 3 aromatic heterocycles. The average molecular weight is 598 g/mol. The number of benzene rings is 1. The fraction of sp³-hybridized carbons (Fsp3) is 0.308. The molecule has 1 fully saturated rings. The minimum absolute atomic E-state index is 0.00381. The lowest BCUT2D eigenvalue weighted by Crippen LogP contribution is -2.37. The molecule has 0 aliphatic carbocycles. The largest absolute Gasteiger partial charge is 0.419 e. The Morgan fingerprint density at radius 1 is 1.10 bits per heavy atom. The number of alkyl halides is 3. The van der Waals surface area contributed by atoms with Crippen molar-refractivity contribution in [3.05, 3.63) is 82.5 Å². The van der Waals surface area contributed by atoms with Crippen LogP contribution in [-0.4, -0.2) is 49.1 Å². The van der Waals surface area contributed by atoms with E-state index in [1.165, 1.54) is 12.3 Å². The van der Waals surface area contributed by atoms with Crippen LogP contribution >= 0.6 is 11.6 Å². The standard InChI is InChI=1S/C26H24ClF4N5O3S/c1-2-22-25(33-24-7-4-18(27)16-35(22)24)36(15-17-3-6-20(21(28)13-17)26(29,30)31)40(37,38)19-5-8-23(32-14-19)34-9-11-39-12-10-34/h3-8,13-14,16H,2,9-12,15H2,1H3. The maximum atomic E-state index is 14.5. The molecule has 5 rings (SSSR count). The van der Waals surface area contributed by atoms with Crippen molar-refractivity contribution < 1.29 is 30.7 Å². The van der Waals surface area contributed by atoms with Gasteiger partial charge in [-0.25, -0.2) is 27.1 Å². The number of sulfonamides is 1. The molecule has 0 unspecified atom stereocenters. The van der Waals surface area contributed by atoms with Crippen molar-refractivity contribution in [1.82, 2.24) is 14.4 Å². The molecule has 1 aliphatic rings. The van der Waals surface area contributed by atoms with Crippen molar-refractivity contribution in [3.8, 4) is 0 Å². The molecule has 14 heteroatoms. The number of nitrogens with zero attached hydrogens (tertiary/aromatic N) is 5. The molecular weight excluding hydrogens is 574 g/mol. The third-order valence-corrected chi connectivity index (χ3v) is 8.48. The van der Waals surface area contributed by atoms with Gasteiger partial charge in [0.15, 0.2) is 5.82 Å². The van der Waals surface area contributed by atoms with Crippen molar-refractivity contribution in [1.29, 1.82) is 0 Å². The van der Waals surface area contributed by atoms with Crippen molar-refractivity contribution in [3.63, 3.8) is 0 Å². The van der Waals surface area contributed by atoms with Crippen LogP contribution in [0, 0.1) is 5.82 Å². The Morgan fingerprint density at radius 3 is 2.48 bits per heavy atom. The normalized spacial score (nSPS) is 14.6. The number of pyridine rings is 2. The molecular formula is C26H24ClF4N5O3S. The summed E-state index contributed by atoms with van der Waals surface area (Å²) in [5, 5.41) is 0.397. The van der Waals surface area contributed by atoms with Crippen molar-refractivity contribution in [2.45, 2.75) is 31.0 Å². The second-order valence-corrected chi connectivity index (χ2v) is 11.4. The van der Waals surface area contributed by atoms with E-state index in [1.807, 2.05) is 4.90 Å². The smallest absolute Gasteiger partial charge is 0.378 e. The van der Waals surface area contributed by atoms with Crippen LogP contribution in [-0.2, 0) is 33.9 Å². The van der Waals surface area contributed by atoms with Gasteiger partial charge in [0.2, 0.25) is 0 Å². The van der Waals surface area contributed by atoms with E-state index < -0.39 is 34.1 Å². The van der Waals surface area contributed by atoms with E-state index in [0.717, 1.165) is 10.4 Å². The molecule has 0 saturated carbocycles. The molecule has 1 aliphatic heterocycles. The van der Waals surface area contributed by atoms with Gasteiger partial charge in [0.25, 0.3) is 10.0 Å². The summed E-state index contributed by atoms with van der Waals surface area (Å²) in [5.74, 6) is -0.881. The van der Waals surface area contributed by atoms with Gasteiger partial charge >= 0.3 is 6.18 Å². The Labute approximate surface area is 232 Å². The van der Waals surface area contributed by atoms with E-state index in [2.05, 4.69) is 9.97 Å². The summed E-state index contributed by atoms with van der Waals surface area (Å²) in [7, 11) is -4.37. The lowest BCUT2D eigenvalue weighted by molar-refractivity contribution is -0.140. The molecule has 4 aromatic rings. The number of hydrogen-bond donors (Lipinski definition) is 0. The molecule has 1 saturated heterocycles. The van der Waals surface area contributed by atoms with Crippen LogP contribution in [0.5, 0.6) is 0 Å². The number of aryl methyl sites for hydroxylation is 1. The summed E-state index contributed by atoms with van der Waals surface area (Å²) >= 11 is 6.17. The summed E-state index contributed by atoms with van der Waals surface area (Å²) in [6.45, 7) is 3.58. The van der Waals surface area contributed by atoms with Crippen molar-refractivity contribution >= 4 is 38.9 Å². The van der Waals surface area contributed by atoms with E-state index in [1.54, 1.807) is 35.7 Å². The third kappa shape index (κ3) is 5.45. The second kappa shape index (κ2) is 10.9. The average Bonchev–Trinajstić information content (AvgIpc) is 3.28. The maximum Gasteiger partial charge on any atom is 0.419 e. The van der Waals surface area contributed by atoms with Gasteiger partial charge in [-0.3, -0.25) is 0 Å². The first kappa shape index (κ1) is 28.1. The summed E-state index contributed by atoms with van der Waals surface area (Å²) < 4.78 is 89.9. The highest BCUT2D eigenvalue weighted by atomic mass is 35.5. The summed E-state index contributed by atoms with van der Waals surface area (Å²) in [6, 6.07) is 8.54. The summed E-state index contributed by atoms with van der Waals surface area (Å²) in [5.41, 5.74) is -0.531. The molecule has 4 heterocycles. The molecule has 0 atom stereocenters. The van der Waals surface area contributed by atoms with Crippen LogP contribution in [0.4, 0.5) is 29.2 Å². The molecule has 40 heavy (non-hydrogen) atoms. The van der Waals surface area contributed by atoms with Crippen molar-refractivity contribution in [2.75, 3.05) is 35.5 Å². The highest BCUT2D eigenvalue weighted by molar-refractivity contribution is 7.92. The number of halogens is 5. The summed E-state index contributed by atoms with van der Waals surface area (Å²) in [4.78, 5) is 10.7. The van der Waals surface area contributed by atoms with Gasteiger partial charge in [-0.1, -0.05) is 24.6 Å². The minimum atomic E-state index is -4.89. The van der Waals surface area contributed by atoms with Crippen LogP contribution in [0.2, 0.25) is 5.02 Å². The zero-order valence-electron chi connectivity index (χ0n) is 21.2. The number of hydrogen-bond acceptors (Lipinski definition) is 6. The van der Waals surface area contributed by atoms with Crippen LogP contribution in [0.25, 0.3) is 5.65 Å². The van der Waals surface area contributed by atoms with Crippen LogP contribution < -0.4 is 9.21 Å². The number of imidazole rings is 1. The van der Waals surface area contributed by atoms with Crippen LogP contribution in [0.1, 0.15) is 23.7 Å². The Balaban J connectivity index is 1.60. The van der Waals surface area contributed by atoms with Gasteiger partial charge in [0.05, 0.1) is 36.0 Å². The first-order valence-corrected chi connectivity index (χ1v) is 14.1. The Kier molecular flexibility index (Phi) is 7.64. The zero-order chi connectivity index (χ0) is 28.7. The summed E-state index contributed by atoms with van der Waals surface area (Å²) in [6.07, 6.45) is -1.73. The van der Waals surface area contributed by atoms with E-state index in [-0.39, 0.29) is 16.3 Å². The highest BCUT2D eigenvalue weighted by Crippen LogP contribution is 2.34. The molecule has 0 bridgehead atoms. The second-order valence-electron chi connectivity index (χ2n) is 9.09. The molecule has 0 spiro atoms. The fourth-order valence-corrected chi connectivity index (χ4v) is 6.08. The molecule has 8 nitrogen and oxygen atoms in total. The number of anilines is 2. The number of fused-ring (bicyclic) bond motifs is 1. The van der Waals surface area contributed by atoms with Gasteiger partial charge in [0.1, 0.15) is 22.2 Å². The molecule has 1 aromatic carbocycles. The Bertz CT molecular complexity index is 1640. The maximum absolute atomic E-state index is 14.5. The Morgan fingerprint density at radius 2 is 1.85 bits per heavy atom. The van der Waals surface area contributed by atoms with Crippen LogP contribution in [0.15, 0.2) is 59.8 Å². The van der Waals surface area contributed by atoms with E-state index >= 15 is 0 Å². The monoisotopic (exact) mass is 597 g/mol. The molecule has 0 radical (unpaired) electrons. The third-order valence-electron chi connectivity index (χ3n) is 6.54. The van der Waals surface area contributed by atoms with Gasteiger partial charge < -0.3 is 14.0 Å². The predicted molar refractivity (Wildman–Crippen MR) is 142 cm³/mol. The molecule has 212 valence electrons. The lowest BCUT2D eigenvalue weighted by atomic mass is 10.1. The van der Waals surface area contributed by atoms with E-state index in [4.69, 9.17) is 16.3 Å². The first-order valence-electron chi connectivity index (χ1n) is 12.3. The van der Waals surface area contributed by atoms with Gasteiger partial charge in [0, 0.05) is 25.5 Å².